The van der Waals surface area contributed by atoms with Gasteiger partial charge in [-0.05, 0) is 12.1 Å². The van der Waals surface area contributed by atoms with Gasteiger partial charge in [0.25, 0.3) is 5.91 Å². The number of nitrogens with one attached hydrogen (secondary N) is 1. The topological polar surface area (TPSA) is 41.8 Å². The van der Waals surface area contributed by atoms with Crippen molar-refractivity contribution in [1.82, 2.24) is 4.90 Å². The molecule has 1 N–H and O–H groups in total. The molecule has 0 spiro atoms. The van der Waals surface area contributed by atoms with Crippen LogP contribution in [0.2, 0.25) is 0 Å². The fourth-order valence-corrected chi connectivity index (χ4v) is 3.90. The number of benzene rings is 3. The minimum Gasteiger partial charge on any atom is -0.328 e. The van der Waals surface area contributed by atoms with Crippen molar-refractivity contribution in [3.05, 3.63) is 107 Å². The van der Waals surface area contributed by atoms with Crippen molar-refractivity contribution < 1.29 is 18.9 Å². The molecule has 0 unspecified atom stereocenters. The fraction of sp³-hybridized carbons (Fsp3) is 0.200. The van der Waals surface area contributed by atoms with Crippen LogP contribution in [0.5, 0.6) is 0 Å². The van der Waals surface area contributed by atoms with Crippen molar-refractivity contribution in [2.75, 3.05) is 26.2 Å². The van der Waals surface area contributed by atoms with Crippen LogP contribution in [-0.4, -0.2) is 42.8 Å². The molecule has 30 heavy (non-hydrogen) atoms. The minimum absolute atomic E-state index is 0.125. The van der Waals surface area contributed by atoms with E-state index in [1.807, 2.05) is 30.3 Å². The Hall–Kier alpha value is -3.31. The summed E-state index contributed by atoms with van der Waals surface area (Å²) in [6, 6.07) is 22.8. The zero-order valence-electron chi connectivity index (χ0n) is 16.7. The van der Waals surface area contributed by atoms with E-state index in [0.717, 1.165) is 13.1 Å². The molecule has 0 bridgehead atoms. The first-order valence-electron chi connectivity index (χ1n) is 10.2. The number of halogens is 1. The van der Waals surface area contributed by atoms with Crippen LogP contribution < -0.4 is 4.90 Å². The van der Waals surface area contributed by atoms with E-state index in [-0.39, 0.29) is 17.5 Å². The Kier molecular flexibility index (Phi) is 6.00. The molecule has 0 aliphatic carbocycles. The van der Waals surface area contributed by atoms with Gasteiger partial charge in [-0.2, -0.15) is 0 Å². The molecule has 1 saturated heterocycles. The third kappa shape index (κ3) is 4.31. The van der Waals surface area contributed by atoms with Crippen LogP contribution in [-0.2, 0) is 6.54 Å². The highest BCUT2D eigenvalue weighted by Gasteiger charge is 2.27. The smallest absolute Gasteiger partial charge is 0.255 e. The third-order valence-corrected chi connectivity index (χ3v) is 5.59. The Balaban J connectivity index is 1.45. The minimum atomic E-state index is -0.183. The van der Waals surface area contributed by atoms with Crippen molar-refractivity contribution in [2.24, 2.45) is 0 Å². The van der Waals surface area contributed by atoms with Crippen LogP contribution in [0.4, 0.5) is 4.39 Å². The predicted molar refractivity (Wildman–Crippen MR) is 113 cm³/mol. The van der Waals surface area contributed by atoms with E-state index in [4.69, 9.17) is 0 Å². The molecule has 1 fully saturated rings. The molecule has 4 nitrogen and oxygen atoms in total. The van der Waals surface area contributed by atoms with Crippen LogP contribution in [0, 0.1) is 5.82 Å². The van der Waals surface area contributed by atoms with Crippen LogP contribution in [0.3, 0.4) is 0 Å². The number of piperazine rings is 1. The molecule has 1 aliphatic rings. The van der Waals surface area contributed by atoms with Gasteiger partial charge >= 0.3 is 0 Å². The van der Waals surface area contributed by atoms with Gasteiger partial charge < -0.3 is 9.80 Å². The van der Waals surface area contributed by atoms with Crippen LogP contribution in [0.15, 0.2) is 78.9 Å². The average molecular weight is 403 g/mol. The Morgan fingerprint density at radius 3 is 2.10 bits per heavy atom. The molecule has 1 heterocycles. The van der Waals surface area contributed by atoms with Gasteiger partial charge in [0.2, 0.25) is 0 Å². The van der Waals surface area contributed by atoms with E-state index in [1.54, 1.807) is 47.4 Å². The highest BCUT2D eigenvalue weighted by molar-refractivity contribution is 6.15. The summed E-state index contributed by atoms with van der Waals surface area (Å²) in [5, 5.41) is 0. The van der Waals surface area contributed by atoms with Gasteiger partial charge in [-0.3, -0.25) is 9.59 Å². The van der Waals surface area contributed by atoms with Crippen molar-refractivity contribution in [2.45, 2.75) is 6.54 Å². The number of ketones is 1. The van der Waals surface area contributed by atoms with Crippen molar-refractivity contribution in [1.29, 1.82) is 0 Å². The summed E-state index contributed by atoms with van der Waals surface area (Å²) < 4.78 is 13.9. The Morgan fingerprint density at radius 1 is 0.800 bits per heavy atom. The summed E-state index contributed by atoms with van der Waals surface area (Å²) in [6.07, 6.45) is 0. The molecule has 0 radical (unpaired) electrons. The summed E-state index contributed by atoms with van der Waals surface area (Å²) in [5.41, 5.74) is 2.13. The van der Waals surface area contributed by atoms with Gasteiger partial charge in [0.05, 0.1) is 31.7 Å². The molecule has 5 heteroatoms. The van der Waals surface area contributed by atoms with Crippen molar-refractivity contribution in [3.63, 3.8) is 0 Å². The molecular formula is C25H24FN2O2+. The largest absolute Gasteiger partial charge is 0.328 e. The molecular weight excluding hydrogens is 379 g/mol. The van der Waals surface area contributed by atoms with Gasteiger partial charge in [-0.1, -0.05) is 66.7 Å². The van der Waals surface area contributed by atoms with Crippen molar-refractivity contribution in [3.8, 4) is 0 Å². The Morgan fingerprint density at radius 2 is 1.40 bits per heavy atom. The molecule has 3 aromatic rings. The number of hydrogen-bond donors (Lipinski definition) is 1. The number of quaternary nitrogens is 1. The molecule has 1 aliphatic heterocycles. The number of nitrogens with zero attached hydrogens (tertiary/aromatic N) is 1. The van der Waals surface area contributed by atoms with Gasteiger partial charge in [0, 0.05) is 16.7 Å². The third-order valence-electron chi connectivity index (χ3n) is 5.59. The Bertz CT molecular complexity index is 1040. The molecule has 1 amide bonds. The van der Waals surface area contributed by atoms with E-state index in [0.29, 0.717) is 41.9 Å². The lowest BCUT2D eigenvalue weighted by molar-refractivity contribution is -0.917. The second kappa shape index (κ2) is 9.01. The second-order valence-electron chi connectivity index (χ2n) is 7.55. The highest BCUT2D eigenvalue weighted by Crippen LogP contribution is 2.17. The quantitative estimate of drug-likeness (QED) is 0.666. The molecule has 3 aromatic carbocycles. The zero-order valence-corrected chi connectivity index (χ0v) is 16.7. The van der Waals surface area contributed by atoms with E-state index in [2.05, 4.69) is 0 Å². The second-order valence-corrected chi connectivity index (χ2v) is 7.55. The average Bonchev–Trinajstić information content (AvgIpc) is 2.81. The summed E-state index contributed by atoms with van der Waals surface area (Å²) in [6.45, 7) is 3.26. The number of rotatable bonds is 5. The normalized spacial score (nSPS) is 14.5. The van der Waals surface area contributed by atoms with Crippen LogP contribution >= 0.6 is 0 Å². The first-order chi connectivity index (χ1) is 14.6. The summed E-state index contributed by atoms with van der Waals surface area (Å²) in [4.78, 5) is 29.2. The lowest BCUT2D eigenvalue weighted by Crippen LogP contribution is -3.13. The Labute approximate surface area is 175 Å². The fourth-order valence-electron chi connectivity index (χ4n) is 3.90. The van der Waals surface area contributed by atoms with Crippen LogP contribution in [0.1, 0.15) is 31.8 Å². The number of carbonyl (C=O) groups excluding carboxylic acids is 2. The number of carbonyl (C=O) groups is 2. The SMILES string of the molecule is O=C(c1ccccc1)c1ccccc1C(=O)N1CC[NH+](Cc2ccccc2F)CC1. The molecule has 4 rings (SSSR count). The lowest BCUT2D eigenvalue weighted by Gasteiger charge is -2.32. The standard InChI is InChI=1S/C25H23FN2O2/c26-23-13-7-4-10-20(23)18-27-14-16-28(17-15-27)25(30)22-12-6-5-11-21(22)24(29)19-8-2-1-3-9-19/h1-13H,14-18H2/p+1. The van der Waals surface area contributed by atoms with E-state index >= 15 is 0 Å². The summed E-state index contributed by atoms with van der Waals surface area (Å²) in [7, 11) is 0. The highest BCUT2D eigenvalue weighted by atomic mass is 19.1. The molecule has 0 atom stereocenters. The van der Waals surface area contributed by atoms with Gasteiger partial charge in [0.1, 0.15) is 12.4 Å². The van der Waals surface area contributed by atoms with Crippen molar-refractivity contribution >= 4 is 11.7 Å². The maximum absolute atomic E-state index is 13.9. The van der Waals surface area contributed by atoms with Gasteiger partial charge in [-0.15, -0.1) is 0 Å². The first kappa shape index (κ1) is 20.0. The maximum Gasteiger partial charge on any atom is 0.255 e. The van der Waals surface area contributed by atoms with E-state index in [9.17, 15) is 14.0 Å². The molecule has 0 saturated carbocycles. The number of hydrogen-bond acceptors (Lipinski definition) is 2. The van der Waals surface area contributed by atoms with E-state index < -0.39 is 0 Å². The molecule has 152 valence electrons. The molecule has 0 aromatic heterocycles. The predicted octanol–water partition coefficient (Wildman–Crippen LogP) is 2.60. The maximum atomic E-state index is 13.9. The number of amides is 1. The monoisotopic (exact) mass is 403 g/mol. The van der Waals surface area contributed by atoms with Crippen LogP contribution in [0.25, 0.3) is 0 Å². The summed E-state index contributed by atoms with van der Waals surface area (Å²) in [5.74, 6) is -0.458. The van der Waals surface area contributed by atoms with E-state index in [1.165, 1.54) is 11.0 Å². The van der Waals surface area contributed by atoms with Gasteiger partial charge in [-0.25, -0.2) is 4.39 Å². The lowest BCUT2D eigenvalue weighted by atomic mass is 9.97. The zero-order chi connectivity index (χ0) is 20.9. The van der Waals surface area contributed by atoms with Gasteiger partial charge in [0.15, 0.2) is 5.78 Å². The summed E-state index contributed by atoms with van der Waals surface area (Å²) >= 11 is 0. The first-order valence-corrected chi connectivity index (χ1v) is 10.2.